The number of rotatable bonds is 6. The van der Waals surface area contributed by atoms with Gasteiger partial charge >= 0.3 is 5.97 Å². The summed E-state index contributed by atoms with van der Waals surface area (Å²) in [6, 6.07) is 10.3. The van der Waals surface area contributed by atoms with Gasteiger partial charge in [-0.3, -0.25) is 0 Å². The van der Waals surface area contributed by atoms with Gasteiger partial charge in [0, 0.05) is 11.6 Å². The second-order valence-corrected chi connectivity index (χ2v) is 6.19. The number of fused-ring (bicyclic) bond motifs is 1. The normalized spacial score (nSPS) is 12.1. The van der Waals surface area contributed by atoms with Crippen molar-refractivity contribution in [1.29, 1.82) is 5.26 Å². The summed E-state index contributed by atoms with van der Waals surface area (Å²) in [4.78, 5) is 12.7. The molecule has 2 aromatic carbocycles. The summed E-state index contributed by atoms with van der Waals surface area (Å²) < 4.78 is 22.2. The average molecular weight is 400 g/mol. The monoisotopic (exact) mass is 399 g/mol. The Balaban J connectivity index is 1.88. The van der Waals surface area contributed by atoms with E-state index in [0.29, 0.717) is 35.8 Å². The van der Waals surface area contributed by atoms with E-state index >= 15 is 0 Å². The predicted molar refractivity (Wildman–Crippen MR) is 104 cm³/mol. The number of carbonyl (C=O) groups is 1. The average Bonchev–Trinajstić information content (AvgIpc) is 2.70. The summed E-state index contributed by atoms with van der Waals surface area (Å²) >= 11 is 6.19. The molecule has 0 spiro atoms. The summed E-state index contributed by atoms with van der Waals surface area (Å²) in [7, 11) is 0. The minimum Gasteiger partial charge on any atom is -0.490 e. The van der Waals surface area contributed by atoms with Crippen LogP contribution in [0.3, 0.4) is 0 Å². The van der Waals surface area contributed by atoms with Crippen molar-refractivity contribution in [1.82, 2.24) is 0 Å². The number of carbonyl (C=O) groups excluding carboxylic acids is 1. The van der Waals surface area contributed by atoms with Crippen molar-refractivity contribution in [2.45, 2.75) is 13.8 Å². The second-order valence-electron chi connectivity index (χ2n) is 5.79. The molecule has 6 nitrogen and oxygen atoms in total. The first-order chi connectivity index (χ1) is 13.6. The lowest BCUT2D eigenvalue weighted by molar-refractivity contribution is -0.130. The fourth-order valence-electron chi connectivity index (χ4n) is 2.72. The van der Waals surface area contributed by atoms with E-state index in [0.717, 1.165) is 5.56 Å². The molecular formula is C21H18ClNO5. The fraction of sp³-hybridized carbons (Fsp3) is 0.238. The zero-order valence-electron chi connectivity index (χ0n) is 15.5. The first kappa shape index (κ1) is 19.6. The molecule has 0 N–H and O–H groups in total. The number of nitriles is 1. The Morgan fingerprint density at radius 3 is 2.68 bits per heavy atom. The molecule has 0 radical (unpaired) electrons. The van der Waals surface area contributed by atoms with Crippen molar-refractivity contribution in [2.75, 3.05) is 19.8 Å². The highest BCUT2D eigenvalue weighted by atomic mass is 35.5. The van der Waals surface area contributed by atoms with E-state index in [4.69, 9.17) is 35.8 Å². The number of hydrogen-bond acceptors (Lipinski definition) is 6. The van der Waals surface area contributed by atoms with Crippen LogP contribution in [-0.2, 0) is 4.79 Å². The van der Waals surface area contributed by atoms with Crippen molar-refractivity contribution in [3.05, 3.63) is 52.1 Å². The summed E-state index contributed by atoms with van der Waals surface area (Å²) in [6.07, 6.45) is 1.70. The zero-order valence-corrected chi connectivity index (χ0v) is 16.2. The number of para-hydroxylation sites is 1. The van der Waals surface area contributed by atoms with Gasteiger partial charge in [-0.1, -0.05) is 23.7 Å². The maximum atomic E-state index is 12.7. The molecule has 0 unspecified atom stereocenters. The van der Waals surface area contributed by atoms with Crippen LogP contribution in [-0.4, -0.2) is 25.8 Å². The molecule has 144 valence electrons. The molecule has 3 rings (SSSR count). The third-order valence-corrected chi connectivity index (χ3v) is 4.19. The molecule has 1 aliphatic rings. The zero-order chi connectivity index (χ0) is 20.1. The number of benzene rings is 2. The van der Waals surface area contributed by atoms with Gasteiger partial charge in [-0.15, -0.1) is 0 Å². The van der Waals surface area contributed by atoms with Gasteiger partial charge in [-0.2, -0.15) is 5.26 Å². The van der Waals surface area contributed by atoms with Crippen LogP contribution >= 0.6 is 11.6 Å². The van der Waals surface area contributed by atoms with Crippen molar-refractivity contribution >= 4 is 23.6 Å². The highest BCUT2D eigenvalue weighted by Gasteiger charge is 2.24. The molecule has 7 heteroatoms. The van der Waals surface area contributed by atoms with Crippen molar-refractivity contribution in [3.63, 3.8) is 0 Å². The standard InChI is InChI=1S/C21H18ClNO5/c1-3-25-17-7-5-6-14-10-15(12-27-19(14)17)21(24)28-20-16(22)8-13(11-23)9-18(20)26-4-2/h5-10H,3-4,12H2,1-2H3. The smallest absolute Gasteiger partial charge is 0.343 e. The number of ether oxygens (including phenoxy) is 4. The first-order valence-corrected chi connectivity index (χ1v) is 9.13. The summed E-state index contributed by atoms with van der Waals surface area (Å²) in [5.41, 5.74) is 1.36. The molecular weight excluding hydrogens is 382 g/mol. The summed E-state index contributed by atoms with van der Waals surface area (Å²) in [5, 5.41) is 9.19. The van der Waals surface area contributed by atoms with Crippen LogP contribution in [0.4, 0.5) is 0 Å². The van der Waals surface area contributed by atoms with Crippen molar-refractivity contribution < 1.29 is 23.7 Å². The van der Waals surface area contributed by atoms with E-state index in [1.54, 1.807) is 13.0 Å². The highest BCUT2D eigenvalue weighted by molar-refractivity contribution is 6.32. The molecule has 0 aliphatic carbocycles. The molecule has 0 fully saturated rings. The number of hydrogen-bond donors (Lipinski definition) is 0. The molecule has 0 saturated heterocycles. The molecule has 28 heavy (non-hydrogen) atoms. The van der Waals surface area contributed by atoms with Crippen LogP contribution in [0.1, 0.15) is 25.0 Å². The van der Waals surface area contributed by atoms with Gasteiger partial charge in [0.05, 0.1) is 35.4 Å². The largest absolute Gasteiger partial charge is 0.490 e. The quantitative estimate of drug-likeness (QED) is 0.529. The predicted octanol–water partition coefficient (Wildman–Crippen LogP) is 4.39. The summed E-state index contributed by atoms with van der Waals surface area (Å²) in [6.45, 7) is 4.54. The van der Waals surface area contributed by atoms with Crippen molar-refractivity contribution in [3.8, 4) is 29.1 Å². The van der Waals surface area contributed by atoms with E-state index in [1.807, 2.05) is 31.2 Å². The Bertz CT molecular complexity index is 977. The molecule has 1 heterocycles. The maximum absolute atomic E-state index is 12.7. The maximum Gasteiger partial charge on any atom is 0.343 e. The van der Waals surface area contributed by atoms with Crippen LogP contribution in [0.25, 0.3) is 6.08 Å². The lowest BCUT2D eigenvalue weighted by atomic mass is 10.1. The molecule has 0 atom stereocenters. The Kier molecular flexibility index (Phi) is 6.07. The van der Waals surface area contributed by atoms with E-state index in [1.165, 1.54) is 12.1 Å². The van der Waals surface area contributed by atoms with Crippen LogP contribution in [0.2, 0.25) is 5.02 Å². The Morgan fingerprint density at radius 1 is 1.21 bits per heavy atom. The third-order valence-electron chi connectivity index (χ3n) is 3.91. The number of esters is 1. The van der Waals surface area contributed by atoms with Crippen LogP contribution < -0.4 is 18.9 Å². The topological polar surface area (TPSA) is 77.8 Å². The molecule has 2 aromatic rings. The molecule has 0 aromatic heterocycles. The van der Waals surface area contributed by atoms with Gasteiger partial charge in [0.2, 0.25) is 0 Å². The van der Waals surface area contributed by atoms with E-state index < -0.39 is 5.97 Å². The van der Waals surface area contributed by atoms with E-state index in [9.17, 15) is 4.79 Å². The van der Waals surface area contributed by atoms with Crippen LogP contribution in [0.15, 0.2) is 35.9 Å². The fourth-order valence-corrected chi connectivity index (χ4v) is 2.97. The second kappa shape index (κ2) is 8.68. The van der Waals surface area contributed by atoms with Gasteiger partial charge in [0.25, 0.3) is 0 Å². The first-order valence-electron chi connectivity index (χ1n) is 8.75. The minimum atomic E-state index is -0.611. The van der Waals surface area contributed by atoms with E-state index in [-0.39, 0.29) is 23.1 Å². The molecule has 0 saturated carbocycles. The Hall–Kier alpha value is -3.17. The SMILES string of the molecule is CCOc1cc(C#N)cc(Cl)c1OC(=O)C1=Cc2cccc(OCC)c2OC1. The minimum absolute atomic E-state index is 0.0355. The summed E-state index contributed by atoms with van der Waals surface area (Å²) in [5.74, 6) is 0.906. The van der Waals surface area contributed by atoms with Gasteiger partial charge < -0.3 is 18.9 Å². The van der Waals surface area contributed by atoms with Gasteiger partial charge in [-0.25, -0.2) is 4.79 Å². The van der Waals surface area contributed by atoms with Gasteiger partial charge in [-0.05, 0) is 32.1 Å². The molecule has 1 aliphatic heterocycles. The van der Waals surface area contributed by atoms with Gasteiger partial charge in [0.1, 0.15) is 6.61 Å². The van der Waals surface area contributed by atoms with Crippen LogP contribution in [0, 0.1) is 11.3 Å². The number of nitrogens with zero attached hydrogens (tertiary/aromatic N) is 1. The van der Waals surface area contributed by atoms with Crippen LogP contribution in [0.5, 0.6) is 23.0 Å². The molecule has 0 bridgehead atoms. The van der Waals surface area contributed by atoms with Crippen molar-refractivity contribution in [2.24, 2.45) is 0 Å². The highest BCUT2D eigenvalue weighted by Crippen LogP contribution is 2.39. The lowest BCUT2D eigenvalue weighted by Crippen LogP contribution is -2.20. The van der Waals surface area contributed by atoms with E-state index in [2.05, 4.69) is 0 Å². The lowest BCUT2D eigenvalue weighted by Gasteiger charge is -2.20. The van der Waals surface area contributed by atoms with Gasteiger partial charge in [0.15, 0.2) is 23.0 Å². The third kappa shape index (κ3) is 4.05. The number of halogens is 1. The Labute approximate surface area is 167 Å². The molecule has 0 amide bonds. The Morgan fingerprint density at radius 2 is 1.96 bits per heavy atom.